The summed E-state index contributed by atoms with van der Waals surface area (Å²) in [6.07, 6.45) is 3.65. The lowest BCUT2D eigenvalue weighted by Crippen LogP contribution is -2.34. The molecule has 0 saturated heterocycles. The molecule has 2 aromatic carbocycles. The molecule has 1 heterocycles. The summed E-state index contributed by atoms with van der Waals surface area (Å²) in [5.41, 5.74) is 2.27. The van der Waals surface area contributed by atoms with Crippen molar-refractivity contribution >= 4 is 23.4 Å². The predicted molar refractivity (Wildman–Crippen MR) is 108 cm³/mol. The molecule has 0 aliphatic heterocycles. The van der Waals surface area contributed by atoms with E-state index >= 15 is 0 Å². The Bertz CT molecular complexity index is 1010. The maximum absolute atomic E-state index is 14.2. The molecule has 5 nitrogen and oxygen atoms in total. The van der Waals surface area contributed by atoms with Crippen molar-refractivity contribution < 1.29 is 9.18 Å². The Morgan fingerprint density at radius 2 is 2.11 bits per heavy atom. The van der Waals surface area contributed by atoms with Crippen molar-refractivity contribution in [2.45, 2.75) is 18.5 Å². The number of anilines is 1. The van der Waals surface area contributed by atoms with Crippen LogP contribution in [0.15, 0.2) is 66.1 Å². The van der Waals surface area contributed by atoms with Gasteiger partial charge >= 0.3 is 0 Å². The highest BCUT2D eigenvalue weighted by Gasteiger charge is 2.20. The van der Waals surface area contributed by atoms with Gasteiger partial charge in [-0.15, -0.1) is 0 Å². The van der Waals surface area contributed by atoms with E-state index in [0.29, 0.717) is 5.16 Å². The monoisotopic (exact) mass is 394 g/mol. The van der Waals surface area contributed by atoms with Gasteiger partial charge in [0.05, 0.1) is 23.9 Å². The van der Waals surface area contributed by atoms with Crippen LogP contribution >= 0.6 is 11.8 Å². The summed E-state index contributed by atoms with van der Waals surface area (Å²) in [7, 11) is 0. The van der Waals surface area contributed by atoms with Gasteiger partial charge in [-0.05, 0) is 36.8 Å². The average molecular weight is 394 g/mol. The quantitative estimate of drug-likeness (QED) is 0.559. The molecule has 0 fully saturated rings. The van der Waals surface area contributed by atoms with Crippen LogP contribution in [0.25, 0.3) is 5.69 Å². The van der Waals surface area contributed by atoms with Gasteiger partial charge in [0.1, 0.15) is 5.82 Å². The molecule has 28 heavy (non-hydrogen) atoms. The highest BCUT2D eigenvalue weighted by atomic mass is 32.2. The van der Waals surface area contributed by atoms with Gasteiger partial charge in [0.25, 0.3) is 0 Å². The Kier molecular flexibility index (Phi) is 6.45. The van der Waals surface area contributed by atoms with E-state index in [1.54, 1.807) is 24.4 Å². The number of thioether (sulfide) groups is 1. The Morgan fingerprint density at radius 3 is 2.86 bits per heavy atom. The number of carbonyl (C=O) groups is 1. The van der Waals surface area contributed by atoms with Gasteiger partial charge in [0.2, 0.25) is 5.91 Å². The van der Waals surface area contributed by atoms with E-state index in [-0.39, 0.29) is 30.3 Å². The minimum atomic E-state index is -0.486. The Balaban J connectivity index is 1.76. The number of hydrogen-bond acceptors (Lipinski definition) is 4. The molecule has 0 spiro atoms. The molecule has 0 aliphatic rings. The van der Waals surface area contributed by atoms with Crippen LogP contribution in [0, 0.1) is 24.1 Å². The van der Waals surface area contributed by atoms with Crippen molar-refractivity contribution in [2.75, 3.05) is 17.2 Å². The highest BCUT2D eigenvalue weighted by molar-refractivity contribution is 7.99. The Hall–Kier alpha value is -3.11. The fraction of sp³-hybridized carbons (Fsp3) is 0.190. The molecule has 0 aliphatic carbocycles. The maximum Gasteiger partial charge on any atom is 0.237 e. The van der Waals surface area contributed by atoms with Crippen LogP contribution in [0.1, 0.15) is 12.0 Å². The molecular weight excluding hydrogens is 375 g/mol. The summed E-state index contributed by atoms with van der Waals surface area (Å²) >= 11 is 1.28. The number of aryl methyl sites for hydroxylation is 1. The number of nitriles is 1. The number of hydrogen-bond donors (Lipinski definition) is 0. The van der Waals surface area contributed by atoms with Crippen LogP contribution in [-0.2, 0) is 4.79 Å². The topological polar surface area (TPSA) is 61.9 Å². The molecule has 0 radical (unpaired) electrons. The van der Waals surface area contributed by atoms with Gasteiger partial charge in [-0.1, -0.05) is 36.0 Å². The van der Waals surface area contributed by atoms with Crippen molar-refractivity contribution in [3.63, 3.8) is 0 Å². The van der Waals surface area contributed by atoms with Crippen LogP contribution in [0.5, 0.6) is 0 Å². The fourth-order valence-corrected chi connectivity index (χ4v) is 3.64. The van der Waals surface area contributed by atoms with Crippen molar-refractivity contribution in [1.29, 1.82) is 5.26 Å². The standard InChI is InChI=1S/C21H19FN4OS/c1-16-6-4-7-17(14-16)25-13-11-24-21(25)28-15-20(27)26(12-5-10-23)19-9-3-2-8-18(19)22/h2-4,6-9,11,13-14H,5,12,15H2,1H3. The number of rotatable bonds is 7. The zero-order chi connectivity index (χ0) is 19.9. The van der Waals surface area contributed by atoms with E-state index in [9.17, 15) is 9.18 Å². The SMILES string of the molecule is Cc1cccc(-n2ccnc2SCC(=O)N(CCC#N)c2ccccc2F)c1. The van der Waals surface area contributed by atoms with Gasteiger partial charge in [0.15, 0.2) is 5.16 Å². The first-order valence-electron chi connectivity index (χ1n) is 8.75. The first-order valence-corrected chi connectivity index (χ1v) is 9.73. The van der Waals surface area contributed by atoms with Crippen LogP contribution in [0.3, 0.4) is 0 Å². The summed E-state index contributed by atoms with van der Waals surface area (Å²) in [6.45, 7) is 2.15. The van der Waals surface area contributed by atoms with Crippen LogP contribution in [-0.4, -0.2) is 27.8 Å². The summed E-state index contributed by atoms with van der Waals surface area (Å²) in [5, 5.41) is 9.55. The molecule has 0 unspecified atom stereocenters. The van der Waals surface area contributed by atoms with E-state index < -0.39 is 5.82 Å². The minimum absolute atomic E-state index is 0.0859. The second-order valence-electron chi connectivity index (χ2n) is 6.11. The number of halogens is 1. The second-order valence-corrected chi connectivity index (χ2v) is 7.05. The van der Waals surface area contributed by atoms with E-state index in [1.807, 2.05) is 48.0 Å². The zero-order valence-electron chi connectivity index (χ0n) is 15.4. The fourth-order valence-electron chi connectivity index (χ4n) is 2.79. The normalized spacial score (nSPS) is 10.5. The minimum Gasteiger partial charge on any atom is -0.308 e. The summed E-state index contributed by atoms with van der Waals surface area (Å²) in [5.74, 6) is -0.674. The Morgan fingerprint density at radius 1 is 1.29 bits per heavy atom. The smallest absolute Gasteiger partial charge is 0.237 e. The molecule has 7 heteroatoms. The lowest BCUT2D eigenvalue weighted by Gasteiger charge is -2.22. The molecule has 0 saturated carbocycles. The van der Waals surface area contributed by atoms with Crippen molar-refractivity contribution in [2.24, 2.45) is 0 Å². The third kappa shape index (κ3) is 4.59. The molecule has 0 N–H and O–H groups in total. The number of nitrogens with zero attached hydrogens (tertiary/aromatic N) is 4. The summed E-state index contributed by atoms with van der Waals surface area (Å²) in [4.78, 5) is 18.5. The third-order valence-corrected chi connectivity index (χ3v) is 5.05. The summed E-state index contributed by atoms with van der Waals surface area (Å²) < 4.78 is 16.1. The molecule has 0 bridgehead atoms. The second kappa shape index (κ2) is 9.20. The number of imidazole rings is 1. The highest BCUT2D eigenvalue weighted by Crippen LogP contribution is 2.24. The third-order valence-electron chi connectivity index (χ3n) is 4.10. The Labute approximate surface area is 167 Å². The van der Waals surface area contributed by atoms with Crippen LogP contribution < -0.4 is 4.90 Å². The lowest BCUT2D eigenvalue weighted by atomic mass is 10.2. The van der Waals surface area contributed by atoms with Gasteiger partial charge < -0.3 is 4.90 Å². The predicted octanol–water partition coefficient (Wildman–Crippen LogP) is 4.36. The molecular formula is C21H19FN4OS. The van der Waals surface area contributed by atoms with Gasteiger partial charge in [0, 0.05) is 24.6 Å². The number of para-hydroxylation sites is 1. The number of carbonyl (C=O) groups excluding carboxylic acids is 1. The van der Waals surface area contributed by atoms with Gasteiger partial charge in [-0.25, -0.2) is 9.37 Å². The van der Waals surface area contributed by atoms with Crippen LogP contribution in [0.2, 0.25) is 0 Å². The first-order chi connectivity index (χ1) is 13.6. The molecule has 1 aromatic heterocycles. The first kappa shape index (κ1) is 19.6. The summed E-state index contributed by atoms with van der Waals surface area (Å²) in [6, 6.07) is 16.1. The zero-order valence-corrected chi connectivity index (χ0v) is 16.2. The molecule has 3 rings (SSSR count). The van der Waals surface area contributed by atoms with Crippen molar-refractivity contribution in [3.05, 3.63) is 72.3 Å². The maximum atomic E-state index is 14.2. The molecule has 142 valence electrons. The number of benzene rings is 2. The largest absolute Gasteiger partial charge is 0.308 e. The lowest BCUT2D eigenvalue weighted by molar-refractivity contribution is -0.116. The molecule has 0 atom stereocenters. The molecule has 1 amide bonds. The van der Waals surface area contributed by atoms with Crippen molar-refractivity contribution in [3.8, 4) is 11.8 Å². The van der Waals surface area contributed by atoms with E-state index in [0.717, 1.165) is 11.3 Å². The van der Waals surface area contributed by atoms with Crippen LogP contribution in [0.4, 0.5) is 10.1 Å². The van der Waals surface area contributed by atoms with E-state index in [1.165, 1.54) is 22.7 Å². The van der Waals surface area contributed by atoms with Gasteiger partial charge in [-0.2, -0.15) is 5.26 Å². The van der Waals surface area contributed by atoms with Crippen molar-refractivity contribution in [1.82, 2.24) is 9.55 Å². The van der Waals surface area contributed by atoms with E-state index in [2.05, 4.69) is 4.98 Å². The van der Waals surface area contributed by atoms with E-state index in [4.69, 9.17) is 5.26 Å². The average Bonchev–Trinajstić information content (AvgIpc) is 3.16. The number of aromatic nitrogens is 2. The number of amides is 1. The molecule has 3 aromatic rings. The van der Waals surface area contributed by atoms with Gasteiger partial charge in [-0.3, -0.25) is 9.36 Å².